The van der Waals surface area contributed by atoms with Crippen LogP contribution in [0.2, 0.25) is 5.02 Å². The van der Waals surface area contributed by atoms with Gasteiger partial charge in [0.1, 0.15) is 11.5 Å². The van der Waals surface area contributed by atoms with Crippen molar-refractivity contribution in [2.75, 3.05) is 14.2 Å². The fourth-order valence-electron chi connectivity index (χ4n) is 2.56. The largest absolute Gasteiger partial charge is 0.497 e. The van der Waals surface area contributed by atoms with Crippen LogP contribution >= 0.6 is 11.6 Å². The Balaban J connectivity index is 1.76. The van der Waals surface area contributed by atoms with E-state index in [0.717, 1.165) is 5.56 Å². The number of halogens is 1. The molecule has 0 aliphatic rings. The minimum atomic E-state index is -0.321. The van der Waals surface area contributed by atoms with Crippen molar-refractivity contribution in [3.05, 3.63) is 64.4 Å². The quantitative estimate of drug-likeness (QED) is 0.704. The molecule has 0 radical (unpaired) electrons. The Morgan fingerprint density at radius 3 is 2.67 bits per heavy atom. The fraction of sp³-hybridized carbons (Fsp3) is 0.211. The van der Waals surface area contributed by atoms with E-state index in [2.05, 4.69) is 15.5 Å². The van der Waals surface area contributed by atoms with Gasteiger partial charge >= 0.3 is 0 Å². The molecule has 0 saturated carbocycles. The predicted octanol–water partition coefficient (Wildman–Crippen LogP) is 3.18. The van der Waals surface area contributed by atoms with E-state index < -0.39 is 0 Å². The lowest BCUT2D eigenvalue weighted by Gasteiger charge is -2.11. The highest BCUT2D eigenvalue weighted by Gasteiger charge is 2.17. The standard InChI is InChI=1S/C19H19ClN4O3/c1-12-18(23-24(22-12)15-6-4-5-14(20)9-15)19(25)21-11-13-7-8-16(26-2)10-17(13)27-3/h4-10H,11H2,1-3H3,(H,21,25). The number of methoxy groups -OCH3 is 2. The normalized spacial score (nSPS) is 10.5. The van der Waals surface area contributed by atoms with Gasteiger partial charge < -0.3 is 14.8 Å². The first-order valence-electron chi connectivity index (χ1n) is 8.21. The summed E-state index contributed by atoms with van der Waals surface area (Å²) in [6, 6.07) is 12.5. The molecular formula is C19H19ClN4O3. The number of carbonyl (C=O) groups is 1. The topological polar surface area (TPSA) is 78.3 Å². The molecule has 0 saturated heterocycles. The van der Waals surface area contributed by atoms with E-state index in [1.54, 1.807) is 45.4 Å². The second-order valence-electron chi connectivity index (χ2n) is 5.76. The van der Waals surface area contributed by atoms with Crippen molar-refractivity contribution in [3.63, 3.8) is 0 Å². The van der Waals surface area contributed by atoms with Gasteiger partial charge in [-0.15, -0.1) is 5.10 Å². The highest BCUT2D eigenvalue weighted by Crippen LogP contribution is 2.24. The van der Waals surface area contributed by atoms with Crippen LogP contribution in [-0.2, 0) is 6.54 Å². The van der Waals surface area contributed by atoms with Gasteiger partial charge in [0.15, 0.2) is 5.69 Å². The summed E-state index contributed by atoms with van der Waals surface area (Å²) in [7, 11) is 3.16. The summed E-state index contributed by atoms with van der Waals surface area (Å²) < 4.78 is 10.5. The average molecular weight is 387 g/mol. The van der Waals surface area contributed by atoms with Gasteiger partial charge in [0.2, 0.25) is 0 Å². The zero-order valence-electron chi connectivity index (χ0n) is 15.2. The van der Waals surface area contributed by atoms with Crippen LogP contribution in [0.1, 0.15) is 21.7 Å². The molecule has 0 bridgehead atoms. The molecule has 0 aliphatic carbocycles. The smallest absolute Gasteiger partial charge is 0.274 e. The molecule has 140 valence electrons. The van der Waals surface area contributed by atoms with Crippen LogP contribution in [0.4, 0.5) is 0 Å². The Kier molecular flexibility index (Phi) is 5.61. The second-order valence-corrected chi connectivity index (χ2v) is 6.20. The van der Waals surface area contributed by atoms with E-state index in [1.807, 2.05) is 18.2 Å². The van der Waals surface area contributed by atoms with Crippen molar-refractivity contribution >= 4 is 17.5 Å². The Morgan fingerprint density at radius 1 is 1.15 bits per heavy atom. The molecule has 1 N–H and O–H groups in total. The predicted molar refractivity (Wildman–Crippen MR) is 102 cm³/mol. The van der Waals surface area contributed by atoms with Crippen molar-refractivity contribution in [1.29, 1.82) is 0 Å². The van der Waals surface area contributed by atoms with E-state index in [9.17, 15) is 4.79 Å². The van der Waals surface area contributed by atoms with E-state index in [-0.39, 0.29) is 18.1 Å². The third kappa shape index (κ3) is 4.20. The fourth-order valence-corrected chi connectivity index (χ4v) is 2.75. The molecule has 0 spiro atoms. The molecule has 27 heavy (non-hydrogen) atoms. The number of aromatic nitrogens is 3. The van der Waals surface area contributed by atoms with E-state index >= 15 is 0 Å². The number of rotatable bonds is 6. The summed E-state index contributed by atoms with van der Waals surface area (Å²) in [5, 5.41) is 12.0. The maximum atomic E-state index is 12.6. The minimum absolute atomic E-state index is 0.252. The zero-order chi connectivity index (χ0) is 19.4. The number of hydrogen-bond donors (Lipinski definition) is 1. The van der Waals surface area contributed by atoms with Crippen LogP contribution < -0.4 is 14.8 Å². The van der Waals surface area contributed by atoms with Crippen LogP contribution in [0.15, 0.2) is 42.5 Å². The molecule has 0 atom stereocenters. The summed E-state index contributed by atoms with van der Waals surface area (Å²) in [6.07, 6.45) is 0. The highest BCUT2D eigenvalue weighted by atomic mass is 35.5. The number of aryl methyl sites for hydroxylation is 1. The van der Waals surface area contributed by atoms with Gasteiger partial charge in [-0.2, -0.15) is 9.90 Å². The highest BCUT2D eigenvalue weighted by molar-refractivity contribution is 6.30. The third-order valence-electron chi connectivity index (χ3n) is 3.97. The summed E-state index contributed by atoms with van der Waals surface area (Å²) in [5.41, 5.74) is 2.28. The maximum absolute atomic E-state index is 12.6. The van der Waals surface area contributed by atoms with Crippen molar-refractivity contribution in [1.82, 2.24) is 20.3 Å². The number of hydrogen-bond acceptors (Lipinski definition) is 5. The van der Waals surface area contributed by atoms with Crippen molar-refractivity contribution in [3.8, 4) is 17.2 Å². The van der Waals surface area contributed by atoms with Gasteiger partial charge in [-0.1, -0.05) is 17.7 Å². The molecule has 0 fully saturated rings. The van der Waals surface area contributed by atoms with Crippen LogP contribution in [-0.4, -0.2) is 35.1 Å². The molecule has 1 heterocycles. The number of carbonyl (C=O) groups excluding carboxylic acids is 1. The Labute approximate surface area is 161 Å². The summed E-state index contributed by atoms with van der Waals surface area (Å²) >= 11 is 6.00. The first kappa shape index (κ1) is 18.7. The SMILES string of the molecule is COc1ccc(CNC(=O)c2nn(-c3cccc(Cl)c3)nc2C)c(OC)c1. The molecule has 3 rings (SSSR count). The monoisotopic (exact) mass is 386 g/mol. The van der Waals surface area contributed by atoms with Gasteiger partial charge in [-0.25, -0.2) is 0 Å². The molecule has 1 aromatic heterocycles. The van der Waals surface area contributed by atoms with Gasteiger partial charge in [-0.05, 0) is 37.3 Å². The average Bonchev–Trinajstić information content (AvgIpc) is 3.07. The minimum Gasteiger partial charge on any atom is -0.497 e. The van der Waals surface area contributed by atoms with Crippen LogP contribution in [0.5, 0.6) is 11.5 Å². The van der Waals surface area contributed by atoms with Crippen LogP contribution in [0.25, 0.3) is 5.69 Å². The first-order valence-corrected chi connectivity index (χ1v) is 8.58. The van der Waals surface area contributed by atoms with E-state index in [0.29, 0.717) is 27.9 Å². The van der Waals surface area contributed by atoms with Gasteiger partial charge in [-0.3, -0.25) is 4.79 Å². The summed E-state index contributed by atoms with van der Waals surface area (Å²) in [5.74, 6) is 0.995. The Hall–Kier alpha value is -3.06. The number of ether oxygens (including phenoxy) is 2. The van der Waals surface area contributed by atoms with Gasteiger partial charge in [0.05, 0.1) is 25.6 Å². The number of nitrogens with one attached hydrogen (secondary N) is 1. The van der Waals surface area contributed by atoms with Gasteiger partial charge in [0.25, 0.3) is 5.91 Å². The molecule has 1 amide bonds. The Bertz CT molecular complexity index is 971. The van der Waals surface area contributed by atoms with Crippen molar-refractivity contribution < 1.29 is 14.3 Å². The molecule has 3 aromatic rings. The second kappa shape index (κ2) is 8.09. The summed E-state index contributed by atoms with van der Waals surface area (Å²) in [4.78, 5) is 13.9. The summed E-state index contributed by atoms with van der Waals surface area (Å²) in [6.45, 7) is 2.02. The first-order chi connectivity index (χ1) is 13.0. The molecule has 2 aromatic carbocycles. The molecular weight excluding hydrogens is 368 g/mol. The third-order valence-corrected chi connectivity index (χ3v) is 4.21. The maximum Gasteiger partial charge on any atom is 0.274 e. The Morgan fingerprint density at radius 2 is 1.96 bits per heavy atom. The zero-order valence-corrected chi connectivity index (χ0v) is 15.9. The molecule has 7 nitrogen and oxygen atoms in total. The van der Waals surface area contributed by atoms with E-state index in [4.69, 9.17) is 21.1 Å². The lowest BCUT2D eigenvalue weighted by molar-refractivity contribution is 0.0944. The molecule has 8 heteroatoms. The van der Waals surface area contributed by atoms with Crippen molar-refractivity contribution in [2.45, 2.75) is 13.5 Å². The molecule has 0 unspecified atom stereocenters. The van der Waals surface area contributed by atoms with Gasteiger partial charge in [0, 0.05) is 23.2 Å². The van der Waals surface area contributed by atoms with Crippen molar-refractivity contribution in [2.24, 2.45) is 0 Å². The number of benzene rings is 2. The lowest BCUT2D eigenvalue weighted by atomic mass is 10.2. The van der Waals surface area contributed by atoms with E-state index in [1.165, 1.54) is 4.80 Å². The number of nitrogens with zero attached hydrogens (tertiary/aromatic N) is 3. The lowest BCUT2D eigenvalue weighted by Crippen LogP contribution is -2.24. The van der Waals surface area contributed by atoms with Crippen LogP contribution in [0, 0.1) is 6.92 Å². The molecule has 0 aliphatic heterocycles. The number of amides is 1. The van der Waals surface area contributed by atoms with Crippen LogP contribution in [0.3, 0.4) is 0 Å².